The summed E-state index contributed by atoms with van der Waals surface area (Å²) in [6.45, 7) is 3.91. The lowest BCUT2D eigenvalue weighted by Gasteiger charge is -2.07. The van der Waals surface area contributed by atoms with E-state index in [1.54, 1.807) is 4.68 Å². The topological polar surface area (TPSA) is 66.5 Å². The van der Waals surface area contributed by atoms with Crippen molar-refractivity contribution in [1.82, 2.24) is 20.1 Å². The highest BCUT2D eigenvalue weighted by Crippen LogP contribution is 2.28. The number of nitrogens with one attached hydrogen (secondary N) is 1. The van der Waals surface area contributed by atoms with Crippen LogP contribution in [0.4, 0.5) is 0 Å². The monoisotopic (exact) mass is 287 g/mol. The minimum atomic E-state index is 0.675. The van der Waals surface area contributed by atoms with Crippen molar-refractivity contribution in [3.8, 4) is 6.07 Å². The van der Waals surface area contributed by atoms with Gasteiger partial charge in [-0.3, -0.25) is 0 Å². The molecule has 0 bridgehead atoms. The second-order valence-corrected chi connectivity index (χ2v) is 5.40. The van der Waals surface area contributed by atoms with Crippen molar-refractivity contribution >= 4 is 11.8 Å². The molecule has 0 fully saturated rings. The zero-order chi connectivity index (χ0) is 14.4. The molecule has 0 spiro atoms. The standard InChI is InChI=1S/C14H17N5S/c1-3-6-16-9-11-4-5-13(12(7-11)8-15)20-14-17-10-18-19(14)2/h4-5,7,10,16H,3,6,9H2,1-2H3. The Morgan fingerprint density at radius 2 is 2.30 bits per heavy atom. The van der Waals surface area contributed by atoms with Crippen LogP contribution in [0.1, 0.15) is 24.5 Å². The number of hydrogen-bond donors (Lipinski definition) is 1. The number of nitriles is 1. The van der Waals surface area contributed by atoms with Crippen molar-refractivity contribution in [2.45, 2.75) is 29.9 Å². The predicted octanol–water partition coefficient (Wildman–Crippen LogP) is 2.34. The van der Waals surface area contributed by atoms with Gasteiger partial charge in [0.15, 0.2) is 5.16 Å². The summed E-state index contributed by atoms with van der Waals surface area (Å²) >= 11 is 1.46. The molecule has 0 atom stereocenters. The molecular weight excluding hydrogens is 270 g/mol. The first kappa shape index (κ1) is 14.6. The number of aromatic nitrogens is 3. The van der Waals surface area contributed by atoms with Gasteiger partial charge in [-0.2, -0.15) is 10.4 Å². The summed E-state index contributed by atoms with van der Waals surface area (Å²) < 4.78 is 1.70. The summed E-state index contributed by atoms with van der Waals surface area (Å²) in [5.41, 5.74) is 1.80. The van der Waals surface area contributed by atoms with Gasteiger partial charge in [0.25, 0.3) is 0 Å². The van der Waals surface area contributed by atoms with E-state index in [-0.39, 0.29) is 0 Å². The van der Waals surface area contributed by atoms with E-state index in [1.807, 2.05) is 25.2 Å². The lowest BCUT2D eigenvalue weighted by Crippen LogP contribution is -2.13. The molecule has 1 aromatic carbocycles. The van der Waals surface area contributed by atoms with E-state index < -0.39 is 0 Å². The van der Waals surface area contributed by atoms with Crippen LogP contribution in [0.3, 0.4) is 0 Å². The summed E-state index contributed by atoms with van der Waals surface area (Å²) in [6.07, 6.45) is 2.61. The number of hydrogen-bond acceptors (Lipinski definition) is 5. The maximum atomic E-state index is 9.29. The third kappa shape index (κ3) is 3.59. The Labute approximate surface area is 123 Å². The zero-order valence-electron chi connectivity index (χ0n) is 11.6. The second kappa shape index (κ2) is 7.08. The SMILES string of the molecule is CCCNCc1ccc(Sc2ncnn2C)c(C#N)c1. The molecule has 0 aliphatic carbocycles. The van der Waals surface area contributed by atoms with Crippen molar-refractivity contribution in [3.63, 3.8) is 0 Å². The van der Waals surface area contributed by atoms with Gasteiger partial charge in [0.05, 0.1) is 5.56 Å². The molecule has 1 heterocycles. The average Bonchev–Trinajstić information content (AvgIpc) is 2.86. The van der Waals surface area contributed by atoms with Crippen LogP contribution in [0.5, 0.6) is 0 Å². The molecule has 1 N–H and O–H groups in total. The van der Waals surface area contributed by atoms with Gasteiger partial charge in [-0.25, -0.2) is 9.67 Å². The Hall–Kier alpha value is -1.84. The minimum Gasteiger partial charge on any atom is -0.313 e. The Morgan fingerprint density at radius 1 is 1.45 bits per heavy atom. The van der Waals surface area contributed by atoms with Crippen molar-refractivity contribution in [1.29, 1.82) is 5.26 Å². The maximum absolute atomic E-state index is 9.29. The second-order valence-electron chi connectivity index (χ2n) is 4.39. The van der Waals surface area contributed by atoms with Gasteiger partial charge < -0.3 is 5.32 Å². The van der Waals surface area contributed by atoms with Gasteiger partial charge in [0.1, 0.15) is 12.4 Å². The highest BCUT2D eigenvalue weighted by Gasteiger charge is 2.09. The lowest BCUT2D eigenvalue weighted by atomic mass is 10.1. The van der Waals surface area contributed by atoms with Crippen LogP contribution in [0.15, 0.2) is 34.6 Å². The van der Waals surface area contributed by atoms with Gasteiger partial charge >= 0.3 is 0 Å². The quantitative estimate of drug-likeness (QED) is 0.826. The lowest BCUT2D eigenvalue weighted by molar-refractivity contribution is 0.675. The van der Waals surface area contributed by atoms with Gasteiger partial charge in [0.2, 0.25) is 0 Å². The Bertz CT molecular complexity index is 614. The molecule has 104 valence electrons. The Kier molecular flexibility index (Phi) is 5.16. The van der Waals surface area contributed by atoms with E-state index >= 15 is 0 Å². The van der Waals surface area contributed by atoms with Gasteiger partial charge in [0, 0.05) is 18.5 Å². The van der Waals surface area contributed by atoms with Crippen LogP contribution >= 0.6 is 11.8 Å². The molecule has 6 heteroatoms. The van der Waals surface area contributed by atoms with Gasteiger partial charge in [-0.05, 0) is 42.4 Å². The molecule has 0 aliphatic heterocycles. The molecule has 2 rings (SSSR count). The molecule has 0 radical (unpaired) electrons. The summed E-state index contributed by atoms with van der Waals surface area (Å²) in [5, 5.41) is 17.4. The summed E-state index contributed by atoms with van der Waals surface area (Å²) in [5.74, 6) is 0. The number of benzene rings is 1. The number of aryl methyl sites for hydroxylation is 1. The van der Waals surface area contributed by atoms with Crippen LogP contribution in [0.25, 0.3) is 0 Å². The van der Waals surface area contributed by atoms with Crippen LogP contribution in [0, 0.1) is 11.3 Å². The number of nitrogens with zero attached hydrogens (tertiary/aromatic N) is 4. The van der Waals surface area contributed by atoms with E-state index in [0.29, 0.717) is 5.56 Å². The molecule has 20 heavy (non-hydrogen) atoms. The molecular formula is C14H17N5S. The van der Waals surface area contributed by atoms with Crippen molar-refractivity contribution in [2.24, 2.45) is 7.05 Å². The maximum Gasteiger partial charge on any atom is 0.190 e. The highest BCUT2D eigenvalue weighted by molar-refractivity contribution is 7.99. The van der Waals surface area contributed by atoms with E-state index in [4.69, 9.17) is 0 Å². The van der Waals surface area contributed by atoms with Gasteiger partial charge in [-0.15, -0.1) is 0 Å². The molecule has 2 aromatic rings. The first-order chi connectivity index (χ1) is 9.74. The van der Waals surface area contributed by atoms with Crippen LogP contribution in [0.2, 0.25) is 0 Å². The fraction of sp³-hybridized carbons (Fsp3) is 0.357. The van der Waals surface area contributed by atoms with Crippen LogP contribution in [-0.2, 0) is 13.6 Å². The van der Waals surface area contributed by atoms with Gasteiger partial charge in [-0.1, -0.05) is 13.0 Å². The first-order valence-corrected chi connectivity index (χ1v) is 7.31. The van der Waals surface area contributed by atoms with Crippen molar-refractivity contribution in [3.05, 3.63) is 35.7 Å². The molecule has 0 saturated heterocycles. The largest absolute Gasteiger partial charge is 0.313 e. The predicted molar refractivity (Wildman–Crippen MR) is 78.3 cm³/mol. The summed E-state index contributed by atoms with van der Waals surface area (Å²) in [6, 6.07) is 8.20. The molecule has 0 saturated carbocycles. The van der Waals surface area contributed by atoms with Crippen LogP contribution < -0.4 is 5.32 Å². The first-order valence-electron chi connectivity index (χ1n) is 6.50. The average molecular weight is 287 g/mol. The summed E-state index contributed by atoms with van der Waals surface area (Å²) in [4.78, 5) is 5.07. The van der Waals surface area contributed by atoms with E-state index in [2.05, 4.69) is 28.4 Å². The third-order valence-corrected chi connectivity index (χ3v) is 3.92. The van der Waals surface area contributed by atoms with Crippen molar-refractivity contribution in [2.75, 3.05) is 6.54 Å². The highest BCUT2D eigenvalue weighted by atomic mass is 32.2. The summed E-state index contributed by atoms with van der Waals surface area (Å²) in [7, 11) is 1.84. The van der Waals surface area contributed by atoms with E-state index in [0.717, 1.165) is 35.1 Å². The number of rotatable bonds is 6. The normalized spacial score (nSPS) is 10.4. The van der Waals surface area contributed by atoms with Crippen LogP contribution in [-0.4, -0.2) is 21.3 Å². The fourth-order valence-corrected chi connectivity index (χ4v) is 2.58. The molecule has 0 amide bonds. The van der Waals surface area contributed by atoms with E-state index in [1.165, 1.54) is 18.1 Å². The Balaban J connectivity index is 2.14. The molecule has 0 aliphatic rings. The molecule has 1 aromatic heterocycles. The smallest absolute Gasteiger partial charge is 0.190 e. The molecule has 0 unspecified atom stereocenters. The zero-order valence-corrected chi connectivity index (χ0v) is 12.4. The Morgan fingerprint density at radius 3 is 2.95 bits per heavy atom. The third-order valence-electron chi connectivity index (χ3n) is 2.79. The molecule has 5 nitrogen and oxygen atoms in total. The minimum absolute atomic E-state index is 0.675. The van der Waals surface area contributed by atoms with Crippen molar-refractivity contribution < 1.29 is 0 Å². The van der Waals surface area contributed by atoms with E-state index in [9.17, 15) is 5.26 Å². The fourth-order valence-electron chi connectivity index (χ4n) is 1.75.